The number of rotatable bonds is 2. The van der Waals surface area contributed by atoms with E-state index in [1.54, 1.807) is 0 Å². The van der Waals surface area contributed by atoms with Gasteiger partial charge in [-0.05, 0) is 37.8 Å². The summed E-state index contributed by atoms with van der Waals surface area (Å²) in [5, 5.41) is 0. The van der Waals surface area contributed by atoms with Crippen LogP contribution in [-0.4, -0.2) is 36.1 Å². The molecule has 0 amide bonds. The summed E-state index contributed by atoms with van der Waals surface area (Å²) in [6.45, 7) is 0.271. The van der Waals surface area contributed by atoms with Crippen LogP contribution in [0.3, 0.4) is 0 Å². The van der Waals surface area contributed by atoms with Gasteiger partial charge in [0.2, 0.25) is 11.8 Å². The van der Waals surface area contributed by atoms with Gasteiger partial charge in [0.1, 0.15) is 13.2 Å². The minimum atomic E-state index is -5.02. The second-order valence-corrected chi connectivity index (χ2v) is 9.92. The normalized spacial score (nSPS) is 24.1. The van der Waals surface area contributed by atoms with Gasteiger partial charge in [0.05, 0.1) is 22.2 Å². The lowest BCUT2D eigenvalue weighted by Crippen LogP contribution is -2.30. The van der Waals surface area contributed by atoms with Gasteiger partial charge in [-0.2, -0.15) is 26.3 Å². The molecule has 1 aromatic rings. The first-order valence-corrected chi connectivity index (χ1v) is 11.8. The molecule has 0 aromatic heterocycles. The molecule has 0 bridgehead atoms. The lowest BCUT2D eigenvalue weighted by molar-refractivity contribution is -0.143. The van der Waals surface area contributed by atoms with Crippen molar-refractivity contribution < 1.29 is 35.8 Å². The highest BCUT2D eigenvalue weighted by Gasteiger charge is 2.46. The fourth-order valence-corrected chi connectivity index (χ4v) is 5.60. The Labute approximate surface area is 193 Å². The van der Waals surface area contributed by atoms with E-state index in [0.717, 1.165) is 44.6 Å². The zero-order chi connectivity index (χ0) is 24.2. The van der Waals surface area contributed by atoms with Crippen molar-refractivity contribution in [1.29, 1.82) is 0 Å². The third kappa shape index (κ3) is 4.28. The van der Waals surface area contributed by atoms with Crippen molar-refractivity contribution in [1.82, 2.24) is 0 Å². The number of hydrogen-bond acceptors (Lipinski definition) is 4. The van der Waals surface area contributed by atoms with Crippen molar-refractivity contribution >= 4 is 11.8 Å². The maximum absolute atomic E-state index is 14.0. The summed E-state index contributed by atoms with van der Waals surface area (Å²) in [7, 11) is 0. The van der Waals surface area contributed by atoms with Crippen LogP contribution < -0.4 is 0 Å². The van der Waals surface area contributed by atoms with Crippen LogP contribution in [0.1, 0.15) is 86.5 Å². The van der Waals surface area contributed by atoms with Crippen LogP contribution in [0.25, 0.3) is 0 Å². The minimum absolute atomic E-state index is 0.135. The highest BCUT2D eigenvalue weighted by molar-refractivity contribution is 6.03. The van der Waals surface area contributed by atoms with E-state index in [1.165, 1.54) is 0 Å². The van der Waals surface area contributed by atoms with Gasteiger partial charge < -0.3 is 9.47 Å². The zero-order valence-electron chi connectivity index (χ0n) is 18.6. The summed E-state index contributed by atoms with van der Waals surface area (Å²) >= 11 is 0. The van der Waals surface area contributed by atoms with Crippen molar-refractivity contribution in [2.24, 2.45) is 9.98 Å². The smallest absolute Gasteiger partial charge is 0.417 e. The summed E-state index contributed by atoms with van der Waals surface area (Å²) in [6.07, 6.45) is -1.73. The second kappa shape index (κ2) is 8.16. The standard InChI is InChI=1S/C24H26F6N2O2/c25-23(26,27)17-12-18(24(28,29)30)16(20-32-22(14-34-20)9-5-2-6-10-22)11-15(17)19-31-21(13-33-19)7-3-1-4-8-21/h11-12H,1-10,13-14H2. The van der Waals surface area contributed by atoms with Crippen molar-refractivity contribution in [2.45, 2.75) is 87.6 Å². The van der Waals surface area contributed by atoms with Crippen LogP contribution in [-0.2, 0) is 21.8 Å². The molecule has 0 radical (unpaired) electrons. The third-order valence-electron chi connectivity index (χ3n) is 7.43. The van der Waals surface area contributed by atoms with E-state index in [-0.39, 0.29) is 31.1 Å². The van der Waals surface area contributed by atoms with Gasteiger partial charge in [-0.25, -0.2) is 9.98 Å². The quantitative estimate of drug-likeness (QED) is 0.436. The molecule has 10 heteroatoms. The number of hydrogen-bond donors (Lipinski definition) is 0. The third-order valence-corrected chi connectivity index (χ3v) is 7.43. The first kappa shape index (κ1) is 23.5. The van der Waals surface area contributed by atoms with E-state index in [4.69, 9.17) is 9.47 Å². The van der Waals surface area contributed by atoms with Crippen LogP contribution in [0, 0.1) is 0 Å². The molecule has 2 aliphatic carbocycles. The van der Waals surface area contributed by atoms with E-state index >= 15 is 0 Å². The highest BCUT2D eigenvalue weighted by atomic mass is 19.4. The number of ether oxygens (including phenoxy) is 2. The Morgan fingerprint density at radius 1 is 0.588 bits per heavy atom. The Bertz CT molecular complexity index is 938. The molecule has 1 aromatic carbocycles. The van der Waals surface area contributed by atoms with Gasteiger partial charge in [0, 0.05) is 11.1 Å². The van der Waals surface area contributed by atoms with Crippen molar-refractivity contribution in [3.05, 3.63) is 34.4 Å². The molecule has 5 rings (SSSR count). The van der Waals surface area contributed by atoms with E-state index in [9.17, 15) is 26.3 Å². The van der Waals surface area contributed by atoms with Gasteiger partial charge in [-0.1, -0.05) is 38.5 Å². The largest absolute Gasteiger partial charge is 0.475 e. The summed E-state index contributed by atoms with van der Waals surface area (Å²) in [4.78, 5) is 9.00. The molecule has 4 nitrogen and oxygen atoms in total. The van der Waals surface area contributed by atoms with Crippen LogP contribution in [0.5, 0.6) is 0 Å². The van der Waals surface area contributed by atoms with E-state index in [1.807, 2.05) is 0 Å². The topological polar surface area (TPSA) is 43.2 Å². The fraction of sp³-hybridized carbons (Fsp3) is 0.667. The molecule has 2 aliphatic heterocycles. The fourth-order valence-electron chi connectivity index (χ4n) is 5.60. The lowest BCUT2D eigenvalue weighted by Gasteiger charge is -2.27. The molecule has 2 saturated carbocycles. The summed E-state index contributed by atoms with van der Waals surface area (Å²) in [6, 6.07) is 1.02. The monoisotopic (exact) mass is 488 g/mol. The molecule has 34 heavy (non-hydrogen) atoms. The summed E-state index contributed by atoms with van der Waals surface area (Å²) in [5.41, 5.74) is -5.02. The zero-order valence-corrected chi connectivity index (χ0v) is 18.6. The van der Waals surface area contributed by atoms with Gasteiger partial charge in [-0.3, -0.25) is 0 Å². The Kier molecular flexibility index (Phi) is 5.63. The van der Waals surface area contributed by atoms with Crippen LogP contribution in [0.2, 0.25) is 0 Å². The molecule has 0 atom stereocenters. The summed E-state index contributed by atoms with van der Waals surface area (Å²) < 4.78 is 95.0. The van der Waals surface area contributed by atoms with Crippen molar-refractivity contribution in [2.75, 3.05) is 13.2 Å². The van der Waals surface area contributed by atoms with Crippen LogP contribution in [0.4, 0.5) is 26.3 Å². The predicted octanol–water partition coefficient (Wildman–Crippen LogP) is 6.68. The Balaban J connectivity index is 1.65. The van der Waals surface area contributed by atoms with Crippen molar-refractivity contribution in [3.8, 4) is 0 Å². The van der Waals surface area contributed by atoms with Gasteiger partial charge in [-0.15, -0.1) is 0 Å². The molecule has 2 spiro atoms. The summed E-state index contributed by atoms with van der Waals surface area (Å²) in [5.74, 6) is -0.509. The maximum atomic E-state index is 14.0. The highest BCUT2D eigenvalue weighted by Crippen LogP contribution is 2.44. The lowest BCUT2D eigenvalue weighted by atomic mass is 9.83. The Hall–Kier alpha value is -2.26. The number of halogens is 6. The van der Waals surface area contributed by atoms with Gasteiger partial charge in [0.15, 0.2) is 0 Å². The molecule has 0 saturated heterocycles. The number of benzene rings is 1. The second-order valence-electron chi connectivity index (χ2n) is 9.92. The number of aliphatic imine (C=N–C) groups is 2. The van der Waals surface area contributed by atoms with Crippen LogP contribution in [0.15, 0.2) is 22.1 Å². The molecular weight excluding hydrogens is 462 g/mol. The molecule has 186 valence electrons. The maximum Gasteiger partial charge on any atom is 0.417 e. The minimum Gasteiger partial charge on any atom is -0.475 e. The molecule has 0 unspecified atom stereocenters. The molecular formula is C24H26F6N2O2. The number of alkyl halides is 6. The number of nitrogens with zero attached hydrogens (tertiary/aromatic N) is 2. The first-order valence-electron chi connectivity index (χ1n) is 11.8. The predicted molar refractivity (Wildman–Crippen MR) is 113 cm³/mol. The van der Waals surface area contributed by atoms with Crippen LogP contribution >= 0.6 is 0 Å². The first-order chi connectivity index (χ1) is 16.0. The van der Waals surface area contributed by atoms with Crippen molar-refractivity contribution in [3.63, 3.8) is 0 Å². The van der Waals surface area contributed by atoms with Gasteiger partial charge >= 0.3 is 12.4 Å². The molecule has 0 N–H and O–H groups in total. The van der Waals surface area contributed by atoms with Gasteiger partial charge in [0.25, 0.3) is 0 Å². The van der Waals surface area contributed by atoms with E-state index in [2.05, 4.69) is 9.98 Å². The Morgan fingerprint density at radius 2 is 0.971 bits per heavy atom. The Morgan fingerprint density at radius 3 is 1.32 bits per heavy atom. The molecule has 2 heterocycles. The molecule has 4 aliphatic rings. The van der Waals surface area contributed by atoms with E-state index in [0.29, 0.717) is 25.7 Å². The molecule has 2 fully saturated rings. The average molecular weight is 488 g/mol. The van der Waals surface area contributed by atoms with E-state index < -0.39 is 45.7 Å². The average Bonchev–Trinajstić information content (AvgIpc) is 3.37. The SMILES string of the molecule is FC(F)(F)c1cc(C(F)(F)F)c(C2=NC3(CCCCC3)CO2)cc1C1=NC2(CCCCC2)CO1.